The minimum absolute atomic E-state index is 0.143. The Morgan fingerprint density at radius 3 is 1.96 bits per heavy atom. The van der Waals surface area contributed by atoms with E-state index in [-0.39, 0.29) is 12.5 Å². The summed E-state index contributed by atoms with van der Waals surface area (Å²) in [5, 5.41) is 0. The van der Waals surface area contributed by atoms with Gasteiger partial charge in [-0.2, -0.15) is 0 Å². The van der Waals surface area contributed by atoms with Gasteiger partial charge in [0.1, 0.15) is 11.9 Å². The van der Waals surface area contributed by atoms with Gasteiger partial charge in [0.2, 0.25) is 11.9 Å². The fraction of sp³-hybridized carbons (Fsp3) is 0.432. The third-order valence-corrected chi connectivity index (χ3v) is 9.88. The van der Waals surface area contributed by atoms with Crippen molar-refractivity contribution in [2.75, 3.05) is 13.1 Å². The van der Waals surface area contributed by atoms with Gasteiger partial charge in [-0.25, -0.2) is 4.79 Å². The molecule has 2 bridgehead atoms. The van der Waals surface area contributed by atoms with Gasteiger partial charge in [0.25, 0.3) is 0 Å². The average Bonchev–Trinajstić information content (AvgIpc) is 3.58. The molecular weight excluding hydrogens is 570 g/mol. The Hall–Kier alpha value is -4.01. The lowest BCUT2D eigenvalue weighted by molar-refractivity contribution is -0.956. The molecule has 3 aromatic carbocycles. The molecule has 3 saturated heterocycles. The van der Waals surface area contributed by atoms with Crippen LogP contribution in [0, 0.1) is 0 Å². The second kappa shape index (κ2) is 13.2. The Kier molecular flexibility index (Phi) is 9.06. The van der Waals surface area contributed by atoms with E-state index in [4.69, 9.17) is 18.9 Å². The van der Waals surface area contributed by atoms with Gasteiger partial charge in [-0.3, -0.25) is 9.59 Å². The predicted octanol–water partition coefficient (Wildman–Crippen LogP) is 5.85. The standard InChI is InChI=1S/C37H42NO7/c1-26(39)42-34-18-10-9-13-28(34)23-35(40)43-27(2)45-37(29-14-5-3-6-15-29,30-16-7-4-8-17-30)36(41)44-33-24-31-19-20-32(25-33)38(31)21-11-12-22-38/h3-10,13-18,27,31-33H,11-12,19-25H2,1-2H3/q+1. The number of nitrogens with zero attached hydrogens (tertiary/aromatic N) is 1. The fourth-order valence-electron chi connectivity index (χ4n) is 8.03. The monoisotopic (exact) mass is 612 g/mol. The zero-order chi connectivity index (χ0) is 31.4. The maximum atomic E-state index is 14.6. The zero-order valence-corrected chi connectivity index (χ0v) is 26.1. The van der Waals surface area contributed by atoms with E-state index >= 15 is 0 Å². The molecule has 0 amide bonds. The van der Waals surface area contributed by atoms with Crippen LogP contribution >= 0.6 is 0 Å². The molecule has 0 aliphatic carbocycles. The summed E-state index contributed by atoms with van der Waals surface area (Å²) in [5.41, 5.74) is 0.0122. The number of quaternary nitrogens is 1. The van der Waals surface area contributed by atoms with Gasteiger partial charge in [-0.05, 0) is 24.1 Å². The van der Waals surface area contributed by atoms with E-state index in [0.29, 0.717) is 34.5 Å². The van der Waals surface area contributed by atoms with Crippen LogP contribution in [-0.4, -0.2) is 60.0 Å². The van der Waals surface area contributed by atoms with Crippen LogP contribution in [0.4, 0.5) is 0 Å². The minimum atomic E-state index is -1.67. The molecular formula is C37H42NO7+. The number of para-hydroxylation sites is 1. The number of piperidine rings is 1. The van der Waals surface area contributed by atoms with Gasteiger partial charge in [-0.1, -0.05) is 78.9 Å². The quantitative estimate of drug-likeness (QED) is 0.123. The molecule has 3 aliphatic heterocycles. The number of hydrogen-bond acceptors (Lipinski definition) is 7. The first-order valence-electron chi connectivity index (χ1n) is 16.1. The molecule has 8 heteroatoms. The Morgan fingerprint density at radius 2 is 1.38 bits per heavy atom. The lowest BCUT2D eigenvalue weighted by atomic mass is 9.85. The summed E-state index contributed by atoms with van der Waals surface area (Å²) in [6.45, 7) is 5.39. The summed E-state index contributed by atoms with van der Waals surface area (Å²) in [4.78, 5) is 39.3. The molecule has 1 spiro atoms. The van der Waals surface area contributed by atoms with Crippen molar-refractivity contribution in [2.24, 2.45) is 0 Å². The van der Waals surface area contributed by atoms with E-state index in [0.717, 1.165) is 12.8 Å². The lowest BCUT2D eigenvalue weighted by Crippen LogP contribution is -2.60. The van der Waals surface area contributed by atoms with Crippen molar-refractivity contribution < 1.29 is 37.8 Å². The van der Waals surface area contributed by atoms with Crippen LogP contribution in [0.25, 0.3) is 0 Å². The predicted molar refractivity (Wildman–Crippen MR) is 167 cm³/mol. The number of rotatable bonds is 10. The SMILES string of the molecule is CC(=O)Oc1ccccc1CC(=O)OC(C)OC(C(=O)OC1CC2CCC(C1)[N+]21CCCC1)(c1ccccc1)c1ccccc1. The fourth-order valence-corrected chi connectivity index (χ4v) is 8.03. The molecule has 3 unspecified atom stereocenters. The lowest BCUT2D eigenvalue weighted by Gasteiger charge is -2.47. The van der Waals surface area contributed by atoms with Crippen molar-refractivity contribution in [3.8, 4) is 5.75 Å². The van der Waals surface area contributed by atoms with Crippen molar-refractivity contribution in [3.05, 3.63) is 102 Å². The van der Waals surface area contributed by atoms with Crippen LogP contribution in [0.2, 0.25) is 0 Å². The highest BCUT2D eigenvalue weighted by Gasteiger charge is 2.57. The average molecular weight is 613 g/mol. The zero-order valence-electron chi connectivity index (χ0n) is 26.1. The number of carbonyl (C=O) groups is 3. The number of esters is 3. The number of ether oxygens (including phenoxy) is 4. The van der Waals surface area contributed by atoms with Crippen LogP contribution in [0.15, 0.2) is 84.9 Å². The molecule has 0 aromatic heterocycles. The highest BCUT2D eigenvalue weighted by Crippen LogP contribution is 2.47. The molecule has 3 aromatic rings. The molecule has 3 heterocycles. The summed E-state index contributed by atoms with van der Waals surface area (Å²) in [5.74, 6) is -1.29. The van der Waals surface area contributed by atoms with Crippen molar-refractivity contribution in [2.45, 2.75) is 88.9 Å². The second-order valence-electron chi connectivity index (χ2n) is 12.6. The van der Waals surface area contributed by atoms with Crippen molar-refractivity contribution in [1.82, 2.24) is 0 Å². The van der Waals surface area contributed by atoms with Crippen LogP contribution < -0.4 is 4.74 Å². The first-order chi connectivity index (χ1) is 21.8. The van der Waals surface area contributed by atoms with Crippen LogP contribution in [-0.2, 0) is 40.6 Å². The van der Waals surface area contributed by atoms with Gasteiger partial charge in [0.15, 0.2) is 0 Å². The second-order valence-corrected chi connectivity index (χ2v) is 12.6. The van der Waals surface area contributed by atoms with Crippen LogP contribution in [0.5, 0.6) is 5.75 Å². The number of carbonyl (C=O) groups excluding carboxylic acids is 3. The Bertz CT molecular complexity index is 1450. The van der Waals surface area contributed by atoms with Crippen molar-refractivity contribution in [3.63, 3.8) is 0 Å². The first kappa shape index (κ1) is 31.0. The molecule has 3 atom stereocenters. The summed E-state index contributed by atoms with van der Waals surface area (Å²) >= 11 is 0. The third kappa shape index (κ3) is 6.26. The van der Waals surface area contributed by atoms with Gasteiger partial charge in [0.05, 0.1) is 31.6 Å². The first-order valence-corrected chi connectivity index (χ1v) is 16.1. The summed E-state index contributed by atoms with van der Waals surface area (Å²) in [7, 11) is 0. The van der Waals surface area contributed by atoms with Crippen LogP contribution in [0.3, 0.4) is 0 Å². The Morgan fingerprint density at radius 1 is 0.822 bits per heavy atom. The highest BCUT2D eigenvalue weighted by molar-refractivity contribution is 5.86. The van der Waals surface area contributed by atoms with E-state index in [1.54, 1.807) is 31.2 Å². The maximum absolute atomic E-state index is 14.6. The van der Waals surface area contributed by atoms with Gasteiger partial charge in [0, 0.05) is 51.0 Å². The van der Waals surface area contributed by atoms with E-state index in [2.05, 4.69) is 0 Å². The molecule has 45 heavy (non-hydrogen) atoms. The van der Waals surface area contributed by atoms with Gasteiger partial charge >= 0.3 is 17.9 Å². The van der Waals surface area contributed by atoms with Gasteiger partial charge in [-0.15, -0.1) is 0 Å². The number of hydrogen-bond donors (Lipinski definition) is 0. The Labute approximate surface area is 264 Å². The van der Waals surface area contributed by atoms with E-state index in [9.17, 15) is 14.4 Å². The smallest absolute Gasteiger partial charge is 0.348 e. The topological polar surface area (TPSA) is 88.1 Å². The van der Waals surface area contributed by atoms with Crippen LogP contribution in [0.1, 0.15) is 69.1 Å². The van der Waals surface area contributed by atoms with Crippen molar-refractivity contribution >= 4 is 17.9 Å². The molecule has 6 rings (SSSR count). The molecule has 0 radical (unpaired) electrons. The maximum Gasteiger partial charge on any atom is 0.348 e. The summed E-state index contributed by atoms with van der Waals surface area (Å²) in [6.07, 6.45) is 5.18. The third-order valence-electron chi connectivity index (χ3n) is 9.88. The minimum Gasteiger partial charge on any atom is -0.459 e. The highest BCUT2D eigenvalue weighted by atomic mass is 16.7. The summed E-state index contributed by atoms with van der Waals surface area (Å²) in [6, 6.07) is 26.4. The molecule has 0 N–H and O–H groups in total. The molecule has 0 saturated carbocycles. The molecule has 8 nitrogen and oxygen atoms in total. The van der Waals surface area contributed by atoms with E-state index in [1.807, 2.05) is 60.7 Å². The molecule has 236 valence electrons. The van der Waals surface area contributed by atoms with E-state index < -0.39 is 29.8 Å². The van der Waals surface area contributed by atoms with Crippen molar-refractivity contribution in [1.29, 1.82) is 0 Å². The Balaban J connectivity index is 1.26. The largest absolute Gasteiger partial charge is 0.459 e. The van der Waals surface area contributed by atoms with E-state index in [1.165, 1.54) is 50.2 Å². The molecule has 3 aliphatic rings. The number of benzene rings is 3. The van der Waals surface area contributed by atoms with Gasteiger partial charge < -0.3 is 23.4 Å². The summed E-state index contributed by atoms with van der Waals surface area (Å²) < 4.78 is 25.2. The normalized spacial score (nSPS) is 22.5. The molecule has 3 fully saturated rings.